The fourth-order valence-electron chi connectivity index (χ4n) is 1.98. The summed E-state index contributed by atoms with van der Waals surface area (Å²) in [6.45, 7) is 0.587. The minimum absolute atomic E-state index is 0.0733. The summed E-state index contributed by atoms with van der Waals surface area (Å²) in [5.41, 5.74) is 1.13. The lowest BCUT2D eigenvalue weighted by Crippen LogP contribution is -2.29. The van der Waals surface area contributed by atoms with Gasteiger partial charge in [-0.15, -0.1) is 11.8 Å². The van der Waals surface area contributed by atoms with E-state index < -0.39 is 0 Å². The Labute approximate surface area is 115 Å². The zero-order chi connectivity index (χ0) is 13.0. The van der Waals surface area contributed by atoms with Crippen LogP contribution in [0.4, 0.5) is 0 Å². The maximum absolute atomic E-state index is 11.8. The molecular weight excluding hydrogens is 270 g/mol. The first kappa shape index (κ1) is 13.4. The second-order valence-electron chi connectivity index (χ2n) is 4.12. The first-order valence-corrected chi connectivity index (χ1v) is 7.25. The second-order valence-corrected chi connectivity index (χ2v) is 5.61. The number of hydrogen-bond acceptors (Lipinski definition) is 3. The van der Waals surface area contributed by atoms with Crippen LogP contribution in [0.3, 0.4) is 0 Å². The minimum Gasteiger partial charge on any atom is -0.326 e. The van der Waals surface area contributed by atoms with Gasteiger partial charge in [-0.2, -0.15) is 0 Å². The van der Waals surface area contributed by atoms with Crippen molar-refractivity contribution >= 4 is 34.5 Å². The van der Waals surface area contributed by atoms with E-state index in [9.17, 15) is 9.59 Å². The number of halogens is 1. The van der Waals surface area contributed by atoms with Crippen LogP contribution in [0.25, 0.3) is 0 Å². The molecule has 1 aromatic carbocycles. The maximum atomic E-state index is 11.8. The molecular formula is C13H14ClNO2S. The van der Waals surface area contributed by atoms with Gasteiger partial charge in [-0.05, 0) is 23.6 Å². The molecule has 0 aromatic heterocycles. The molecule has 96 valence electrons. The number of benzene rings is 1. The Hall–Kier alpha value is -1.00. The quantitative estimate of drug-likeness (QED) is 0.780. The van der Waals surface area contributed by atoms with Crippen molar-refractivity contribution in [3.05, 3.63) is 35.9 Å². The van der Waals surface area contributed by atoms with Crippen LogP contribution in [0, 0.1) is 0 Å². The first-order chi connectivity index (χ1) is 8.68. The van der Waals surface area contributed by atoms with Gasteiger partial charge in [0.15, 0.2) is 0 Å². The Morgan fingerprint density at radius 3 is 2.78 bits per heavy atom. The molecule has 1 amide bonds. The monoisotopic (exact) mass is 283 g/mol. The van der Waals surface area contributed by atoms with E-state index in [0.29, 0.717) is 25.1 Å². The van der Waals surface area contributed by atoms with Crippen LogP contribution in [-0.2, 0) is 9.59 Å². The van der Waals surface area contributed by atoms with Gasteiger partial charge in [-0.25, -0.2) is 0 Å². The molecule has 1 atom stereocenters. The number of hydrogen-bond donors (Lipinski definition) is 0. The van der Waals surface area contributed by atoms with Crippen molar-refractivity contribution in [2.45, 2.75) is 18.2 Å². The largest absolute Gasteiger partial charge is 0.326 e. The Morgan fingerprint density at radius 1 is 1.39 bits per heavy atom. The van der Waals surface area contributed by atoms with Gasteiger partial charge in [0.25, 0.3) is 0 Å². The molecule has 0 bridgehead atoms. The highest BCUT2D eigenvalue weighted by atomic mass is 35.5. The number of carbonyl (C=O) groups is 2. The molecule has 1 heterocycles. The highest BCUT2D eigenvalue weighted by Crippen LogP contribution is 2.38. The SMILES string of the molecule is O=C(Cl)CCCN1C(=O)CSC1c1ccccc1. The molecule has 0 aliphatic carbocycles. The molecule has 1 aliphatic heterocycles. The molecule has 5 heteroatoms. The molecule has 0 N–H and O–H groups in total. The van der Waals surface area contributed by atoms with Gasteiger partial charge in [0.1, 0.15) is 5.37 Å². The number of carbonyl (C=O) groups excluding carboxylic acids is 2. The summed E-state index contributed by atoms with van der Waals surface area (Å²) in [4.78, 5) is 24.4. The zero-order valence-electron chi connectivity index (χ0n) is 9.84. The minimum atomic E-state index is -0.342. The molecule has 0 saturated carbocycles. The summed E-state index contributed by atoms with van der Waals surface area (Å²) in [5.74, 6) is 0.643. The van der Waals surface area contributed by atoms with E-state index in [1.807, 2.05) is 35.2 Å². The fourth-order valence-corrected chi connectivity index (χ4v) is 3.33. The molecule has 2 rings (SSSR count). The smallest absolute Gasteiger partial charge is 0.233 e. The van der Waals surface area contributed by atoms with Crippen molar-refractivity contribution in [1.82, 2.24) is 4.90 Å². The van der Waals surface area contributed by atoms with E-state index in [0.717, 1.165) is 5.56 Å². The van der Waals surface area contributed by atoms with E-state index in [4.69, 9.17) is 11.6 Å². The summed E-state index contributed by atoms with van der Waals surface area (Å²) in [6, 6.07) is 9.95. The Balaban J connectivity index is 2.01. The van der Waals surface area contributed by atoms with Crippen molar-refractivity contribution in [3.63, 3.8) is 0 Å². The van der Waals surface area contributed by atoms with Crippen LogP contribution in [0.15, 0.2) is 30.3 Å². The van der Waals surface area contributed by atoms with Gasteiger partial charge >= 0.3 is 0 Å². The first-order valence-electron chi connectivity index (χ1n) is 5.83. The lowest BCUT2D eigenvalue weighted by Gasteiger charge is -2.23. The third-order valence-corrected chi connectivity index (χ3v) is 4.27. The van der Waals surface area contributed by atoms with E-state index >= 15 is 0 Å². The molecule has 1 fully saturated rings. The van der Waals surface area contributed by atoms with Crippen molar-refractivity contribution in [2.24, 2.45) is 0 Å². The lowest BCUT2D eigenvalue weighted by atomic mass is 10.2. The van der Waals surface area contributed by atoms with E-state index in [-0.39, 0.29) is 16.5 Å². The average molecular weight is 284 g/mol. The highest BCUT2D eigenvalue weighted by molar-refractivity contribution is 8.00. The Kier molecular flexibility index (Phi) is 4.66. The molecule has 0 radical (unpaired) electrons. The number of nitrogens with zero attached hydrogens (tertiary/aromatic N) is 1. The van der Waals surface area contributed by atoms with Crippen LogP contribution in [0.2, 0.25) is 0 Å². The second kappa shape index (κ2) is 6.25. The molecule has 3 nitrogen and oxygen atoms in total. The zero-order valence-corrected chi connectivity index (χ0v) is 11.4. The lowest BCUT2D eigenvalue weighted by molar-refractivity contribution is -0.128. The van der Waals surface area contributed by atoms with E-state index in [2.05, 4.69) is 0 Å². The third-order valence-electron chi connectivity index (χ3n) is 2.83. The highest BCUT2D eigenvalue weighted by Gasteiger charge is 2.32. The maximum Gasteiger partial charge on any atom is 0.233 e. The van der Waals surface area contributed by atoms with Crippen molar-refractivity contribution in [1.29, 1.82) is 0 Å². The molecule has 0 spiro atoms. The number of amides is 1. The van der Waals surface area contributed by atoms with Gasteiger partial charge in [-0.3, -0.25) is 9.59 Å². The average Bonchev–Trinajstić information content (AvgIpc) is 2.72. The topological polar surface area (TPSA) is 37.4 Å². The number of rotatable bonds is 5. The van der Waals surface area contributed by atoms with Gasteiger partial charge in [0.05, 0.1) is 5.75 Å². The summed E-state index contributed by atoms with van der Waals surface area (Å²) in [5, 5.41) is -0.269. The molecule has 1 aliphatic rings. The number of thioether (sulfide) groups is 1. The van der Waals surface area contributed by atoms with Crippen molar-refractivity contribution in [2.75, 3.05) is 12.3 Å². The standard InChI is InChI=1S/C13H14ClNO2S/c14-11(16)7-4-8-15-12(17)9-18-13(15)10-5-2-1-3-6-10/h1-3,5-6,13H,4,7-9H2. The van der Waals surface area contributed by atoms with Gasteiger partial charge < -0.3 is 4.90 Å². The summed E-state index contributed by atoms with van der Waals surface area (Å²) >= 11 is 6.93. The molecule has 1 unspecified atom stereocenters. The molecule has 18 heavy (non-hydrogen) atoms. The van der Waals surface area contributed by atoms with Crippen LogP contribution < -0.4 is 0 Å². The van der Waals surface area contributed by atoms with Crippen LogP contribution in [-0.4, -0.2) is 28.3 Å². The van der Waals surface area contributed by atoms with Crippen LogP contribution in [0.5, 0.6) is 0 Å². The van der Waals surface area contributed by atoms with Gasteiger partial charge in [0, 0.05) is 13.0 Å². The van der Waals surface area contributed by atoms with Crippen molar-refractivity contribution < 1.29 is 9.59 Å². The van der Waals surface area contributed by atoms with Gasteiger partial charge in [0.2, 0.25) is 11.1 Å². The Bertz CT molecular complexity index is 438. The van der Waals surface area contributed by atoms with Crippen molar-refractivity contribution in [3.8, 4) is 0 Å². The summed E-state index contributed by atoms with van der Waals surface area (Å²) in [7, 11) is 0. The predicted octanol–water partition coefficient (Wildman–Crippen LogP) is 2.81. The fraction of sp³-hybridized carbons (Fsp3) is 0.385. The summed E-state index contributed by atoms with van der Waals surface area (Å²) in [6.07, 6.45) is 0.940. The van der Waals surface area contributed by atoms with Crippen LogP contribution in [0.1, 0.15) is 23.8 Å². The Morgan fingerprint density at radius 2 is 2.11 bits per heavy atom. The molecule has 1 saturated heterocycles. The summed E-state index contributed by atoms with van der Waals surface area (Å²) < 4.78 is 0. The van der Waals surface area contributed by atoms with Gasteiger partial charge in [-0.1, -0.05) is 30.3 Å². The predicted molar refractivity (Wildman–Crippen MR) is 73.4 cm³/mol. The van der Waals surface area contributed by atoms with E-state index in [1.165, 1.54) is 0 Å². The molecule has 1 aromatic rings. The van der Waals surface area contributed by atoms with Crippen LogP contribution >= 0.6 is 23.4 Å². The van der Waals surface area contributed by atoms with E-state index in [1.54, 1.807) is 11.8 Å². The normalized spacial score (nSPS) is 19.3. The third kappa shape index (κ3) is 3.27.